The first-order valence-corrected chi connectivity index (χ1v) is 9.74. The fourth-order valence-corrected chi connectivity index (χ4v) is 3.25. The van der Waals surface area contributed by atoms with E-state index in [2.05, 4.69) is 5.32 Å². The maximum atomic E-state index is 12.1. The van der Waals surface area contributed by atoms with Crippen LogP contribution in [0.3, 0.4) is 0 Å². The Morgan fingerprint density at radius 1 is 1.17 bits per heavy atom. The Kier molecular flexibility index (Phi) is 5.24. The molecule has 1 aliphatic heterocycles. The number of rotatable bonds is 6. The summed E-state index contributed by atoms with van der Waals surface area (Å²) in [6.07, 6.45) is 0. The van der Waals surface area contributed by atoms with Crippen LogP contribution in [0.15, 0.2) is 41.3 Å². The summed E-state index contributed by atoms with van der Waals surface area (Å²) < 4.78 is 27.8. The number of nitrogens with zero attached hydrogens (tertiary/aromatic N) is 2. The number of ether oxygens (including phenoxy) is 1. The van der Waals surface area contributed by atoms with Crippen molar-refractivity contribution in [3.05, 3.63) is 57.6 Å². The standard InChI is InChI=1S/C17H14N4O8S/c1-20-16(23)11-4-2-9(6-12(11)17(20)24)19-15(22)8-29-14-5-3-10(30(18,27)28)7-13(14)21(25)26/h2-7H,8H2,1H3,(H,19,22)(H2,18,27,28). The van der Waals surface area contributed by atoms with Gasteiger partial charge in [-0.15, -0.1) is 0 Å². The third kappa shape index (κ3) is 3.97. The number of amides is 3. The molecule has 0 fully saturated rings. The molecule has 30 heavy (non-hydrogen) atoms. The Labute approximate surface area is 169 Å². The number of hydrogen-bond donors (Lipinski definition) is 2. The third-order valence-corrected chi connectivity index (χ3v) is 5.10. The van der Waals surface area contributed by atoms with Crippen LogP contribution in [-0.4, -0.2) is 49.6 Å². The van der Waals surface area contributed by atoms with Crippen molar-refractivity contribution < 1.29 is 32.5 Å². The highest BCUT2D eigenvalue weighted by atomic mass is 32.2. The largest absolute Gasteiger partial charge is 0.477 e. The Morgan fingerprint density at radius 3 is 2.47 bits per heavy atom. The minimum atomic E-state index is -4.16. The molecule has 1 aliphatic rings. The van der Waals surface area contributed by atoms with Crippen LogP contribution in [0.5, 0.6) is 5.75 Å². The molecule has 0 bridgehead atoms. The van der Waals surface area contributed by atoms with Gasteiger partial charge in [0, 0.05) is 18.8 Å². The van der Waals surface area contributed by atoms with Gasteiger partial charge in [0.05, 0.1) is 20.9 Å². The summed E-state index contributed by atoms with van der Waals surface area (Å²) in [5.74, 6) is -2.00. The van der Waals surface area contributed by atoms with Crippen LogP contribution in [-0.2, 0) is 14.8 Å². The molecule has 0 saturated heterocycles. The monoisotopic (exact) mass is 434 g/mol. The van der Waals surface area contributed by atoms with E-state index in [4.69, 9.17) is 9.88 Å². The van der Waals surface area contributed by atoms with Gasteiger partial charge in [-0.25, -0.2) is 13.6 Å². The number of nitrogens with one attached hydrogen (secondary N) is 1. The van der Waals surface area contributed by atoms with Gasteiger partial charge in [0.15, 0.2) is 12.4 Å². The number of nitro benzene ring substituents is 1. The molecule has 0 radical (unpaired) electrons. The van der Waals surface area contributed by atoms with Crippen molar-refractivity contribution in [2.45, 2.75) is 4.90 Å². The molecule has 12 nitrogen and oxygen atoms in total. The minimum absolute atomic E-state index is 0.135. The molecule has 3 amide bonds. The van der Waals surface area contributed by atoms with Gasteiger partial charge in [0.2, 0.25) is 10.0 Å². The van der Waals surface area contributed by atoms with Crippen LogP contribution < -0.4 is 15.2 Å². The molecule has 0 unspecified atom stereocenters. The van der Waals surface area contributed by atoms with E-state index < -0.39 is 49.9 Å². The van der Waals surface area contributed by atoms with Crippen LogP contribution in [0.2, 0.25) is 0 Å². The van der Waals surface area contributed by atoms with E-state index in [-0.39, 0.29) is 22.6 Å². The number of hydrogen-bond acceptors (Lipinski definition) is 8. The van der Waals surface area contributed by atoms with Gasteiger partial charge >= 0.3 is 5.69 Å². The summed E-state index contributed by atoms with van der Waals surface area (Å²) in [7, 11) is -2.82. The van der Waals surface area contributed by atoms with Crippen molar-refractivity contribution in [2.75, 3.05) is 19.0 Å². The number of imide groups is 1. The second kappa shape index (κ2) is 7.53. The summed E-state index contributed by atoms with van der Waals surface area (Å²) >= 11 is 0. The smallest absolute Gasteiger partial charge is 0.312 e. The van der Waals surface area contributed by atoms with E-state index in [0.717, 1.165) is 23.1 Å². The normalized spacial score (nSPS) is 13.2. The zero-order chi connectivity index (χ0) is 22.2. The molecular formula is C17H14N4O8S. The zero-order valence-electron chi connectivity index (χ0n) is 15.3. The van der Waals surface area contributed by atoms with Crippen molar-refractivity contribution in [2.24, 2.45) is 5.14 Å². The lowest BCUT2D eigenvalue weighted by Gasteiger charge is -2.09. The lowest BCUT2D eigenvalue weighted by atomic mass is 10.1. The Morgan fingerprint density at radius 2 is 1.83 bits per heavy atom. The number of primary sulfonamides is 1. The van der Waals surface area contributed by atoms with Gasteiger partial charge in [-0.1, -0.05) is 0 Å². The number of fused-ring (bicyclic) bond motifs is 1. The van der Waals surface area contributed by atoms with Gasteiger partial charge < -0.3 is 10.1 Å². The van der Waals surface area contributed by atoms with Gasteiger partial charge in [-0.2, -0.15) is 0 Å². The molecule has 1 heterocycles. The molecular weight excluding hydrogens is 420 g/mol. The number of carbonyl (C=O) groups excluding carboxylic acids is 3. The molecule has 2 aromatic carbocycles. The lowest BCUT2D eigenvalue weighted by Crippen LogP contribution is -2.24. The second-order valence-electron chi connectivity index (χ2n) is 6.20. The summed E-state index contributed by atoms with van der Waals surface area (Å²) in [5.41, 5.74) is -0.116. The number of nitrogens with two attached hydrogens (primary N) is 1. The van der Waals surface area contributed by atoms with Crippen molar-refractivity contribution in [3.63, 3.8) is 0 Å². The topological polar surface area (TPSA) is 179 Å². The summed E-state index contributed by atoms with van der Waals surface area (Å²) in [4.78, 5) is 46.7. The van der Waals surface area contributed by atoms with Crippen molar-refractivity contribution in [1.29, 1.82) is 0 Å². The average molecular weight is 434 g/mol. The van der Waals surface area contributed by atoms with Crippen LogP contribution in [0, 0.1) is 10.1 Å². The lowest BCUT2D eigenvalue weighted by molar-refractivity contribution is -0.386. The molecule has 13 heteroatoms. The first kappa shape index (κ1) is 20.9. The summed E-state index contributed by atoms with van der Waals surface area (Å²) in [5, 5.41) is 18.5. The van der Waals surface area contributed by atoms with Crippen LogP contribution in [0.1, 0.15) is 20.7 Å². The molecule has 2 aromatic rings. The zero-order valence-corrected chi connectivity index (χ0v) is 16.1. The van der Waals surface area contributed by atoms with Gasteiger partial charge in [-0.05, 0) is 30.3 Å². The second-order valence-corrected chi connectivity index (χ2v) is 7.76. The molecule has 0 aromatic heterocycles. The van der Waals surface area contributed by atoms with E-state index in [1.54, 1.807) is 0 Å². The van der Waals surface area contributed by atoms with Crippen LogP contribution in [0.25, 0.3) is 0 Å². The number of nitro groups is 1. The van der Waals surface area contributed by atoms with Crippen molar-refractivity contribution in [1.82, 2.24) is 4.90 Å². The first-order valence-electron chi connectivity index (χ1n) is 8.19. The Hall–Kier alpha value is -3.84. The number of anilines is 1. The van der Waals surface area contributed by atoms with E-state index >= 15 is 0 Å². The maximum absolute atomic E-state index is 12.1. The molecule has 0 aliphatic carbocycles. The molecule has 0 saturated carbocycles. The first-order chi connectivity index (χ1) is 14.0. The van der Waals surface area contributed by atoms with Gasteiger partial charge in [-0.3, -0.25) is 29.4 Å². The van der Waals surface area contributed by atoms with Gasteiger partial charge in [0.25, 0.3) is 17.7 Å². The van der Waals surface area contributed by atoms with E-state index in [0.29, 0.717) is 0 Å². The van der Waals surface area contributed by atoms with E-state index in [1.165, 1.54) is 25.2 Å². The van der Waals surface area contributed by atoms with E-state index in [1.807, 2.05) is 0 Å². The predicted octanol–water partition coefficient (Wildman–Crippen LogP) is 0.485. The average Bonchev–Trinajstić information content (AvgIpc) is 2.89. The quantitative estimate of drug-likeness (QED) is 0.374. The fourth-order valence-electron chi connectivity index (χ4n) is 2.72. The molecule has 0 atom stereocenters. The minimum Gasteiger partial charge on any atom is -0.477 e. The fraction of sp³-hybridized carbons (Fsp3) is 0.118. The van der Waals surface area contributed by atoms with Crippen molar-refractivity contribution >= 4 is 39.1 Å². The highest BCUT2D eigenvalue weighted by Gasteiger charge is 2.32. The number of benzene rings is 2. The summed E-state index contributed by atoms with van der Waals surface area (Å²) in [6, 6.07) is 6.90. The SMILES string of the molecule is CN1C(=O)c2ccc(NC(=O)COc3ccc(S(N)(=O)=O)cc3[N+](=O)[O-])cc2C1=O. The van der Waals surface area contributed by atoms with E-state index in [9.17, 15) is 32.9 Å². The number of carbonyl (C=O) groups is 3. The highest BCUT2D eigenvalue weighted by Crippen LogP contribution is 2.29. The maximum Gasteiger partial charge on any atom is 0.312 e. The Bertz CT molecular complexity index is 1210. The van der Waals surface area contributed by atoms with Crippen molar-refractivity contribution in [3.8, 4) is 5.75 Å². The van der Waals surface area contributed by atoms with Crippen LogP contribution >= 0.6 is 0 Å². The van der Waals surface area contributed by atoms with Gasteiger partial charge in [0.1, 0.15) is 0 Å². The predicted molar refractivity (Wildman–Crippen MR) is 101 cm³/mol. The third-order valence-electron chi connectivity index (χ3n) is 4.19. The molecule has 0 spiro atoms. The molecule has 3 rings (SSSR count). The Balaban J connectivity index is 1.72. The molecule has 3 N–H and O–H groups in total. The molecule has 156 valence electrons. The highest BCUT2D eigenvalue weighted by molar-refractivity contribution is 7.89. The number of sulfonamides is 1. The summed E-state index contributed by atoms with van der Waals surface area (Å²) in [6.45, 7) is -0.639. The van der Waals surface area contributed by atoms with Crippen LogP contribution in [0.4, 0.5) is 11.4 Å².